The van der Waals surface area contributed by atoms with E-state index in [1.165, 1.54) is 19.3 Å². The van der Waals surface area contributed by atoms with Crippen LogP contribution in [0.1, 0.15) is 72.1 Å². The van der Waals surface area contributed by atoms with Crippen LogP contribution >= 0.6 is 0 Å². The zero-order valence-electron chi connectivity index (χ0n) is 17.3. The van der Waals surface area contributed by atoms with Gasteiger partial charge in [0.25, 0.3) is 0 Å². The monoisotopic (exact) mass is 378 g/mol. The highest BCUT2D eigenvalue weighted by molar-refractivity contribution is 5.13. The Morgan fingerprint density at radius 2 is 1.67 bits per heavy atom. The molecule has 0 amide bonds. The summed E-state index contributed by atoms with van der Waals surface area (Å²) in [6.07, 6.45) is 8.30. The number of rotatable bonds is 1. The third-order valence-electron chi connectivity index (χ3n) is 10.1. The SMILES string of the molecule is CC(O)[C@H]1CC[C@H]2[C@@H]3CCC4CC5(CC[C@]4(C)[C@H]3[C@@H](O)C[C@]12C)OCCO5. The number of hydrogen-bond acceptors (Lipinski definition) is 4. The van der Waals surface area contributed by atoms with Crippen LogP contribution in [0.25, 0.3) is 0 Å². The minimum Gasteiger partial charge on any atom is -0.393 e. The average molecular weight is 379 g/mol. The Balaban J connectivity index is 1.43. The molecule has 2 unspecified atom stereocenters. The maximum absolute atomic E-state index is 11.4. The summed E-state index contributed by atoms with van der Waals surface area (Å²) in [5.74, 6) is 2.30. The van der Waals surface area contributed by atoms with Crippen molar-refractivity contribution in [3.05, 3.63) is 0 Å². The molecule has 1 saturated heterocycles. The van der Waals surface area contributed by atoms with E-state index in [1.807, 2.05) is 6.92 Å². The standard InChI is InChI=1S/C23H38O4/c1-14(24)17-6-7-18-16-5-4-15-12-23(26-10-11-27-23)9-8-21(15,2)20(16)19(25)13-22(17,18)3/h14-20,24-25H,4-13H2,1-3H3/t14?,15?,16-,17+,18-,19-,20+,21-,22+/m0/s1. The maximum Gasteiger partial charge on any atom is 0.168 e. The molecule has 1 spiro atoms. The molecule has 0 aromatic carbocycles. The predicted molar refractivity (Wildman–Crippen MR) is 103 cm³/mol. The van der Waals surface area contributed by atoms with Crippen molar-refractivity contribution in [1.29, 1.82) is 0 Å². The number of ether oxygens (including phenoxy) is 2. The minimum atomic E-state index is -0.323. The van der Waals surface area contributed by atoms with Crippen LogP contribution in [0.2, 0.25) is 0 Å². The van der Waals surface area contributed by atoms with Crippen molar-refractivity contribution in [2.75, 3.05) is 13.2 Å². The second-order valence-electron chi connectivity index (χ2n) is 11.1. The van der Waals surface area contributed by atoms with Gasteiger partial charge in [-0.1, -0.05) is 13.8 Å². The summed E-state index contributed by atoms with van der Waals surface area (Å²) in [5.41, 5.74) is 0.304. The number of fused-ring (bicyclic) bond motifs is 5. The molecule has 2 N–H and O–H groups in total. The van der Waals surface area contributed by atoms with Crippen molar-refractivity contribution in [3.63, 3.8) is 0 Å². The van der Waals surface area contributed by atoms with Gasteiger partial charge in [-0.25, -0.2) is 0 Å². The molecule has 9 atom stereocenters. The zero-order valence-corrected chi connectivity index (χ0v) is 17.3. The lowest BCUT2D eigenvalue weighted by Gasteiger charge is -2.63. The summed E-state index contributed by atoms with van der Waals surface area (Å²) in [5, 5.41) is 21.8. The van der Waals surface area contributed by atoms with Crippen LogP contribution in [0.15, 0.2) is 0 Å². The third-order valence-corrected chi connectivity index (χ3v) is 10.1. The van der Waals surface area contributed by atoms with E-state index in [2.05, 4.69) is 13.8 Å². The highest BCUT2D eigenvalue weighted by Crippen LogP contribution is 2.68. The van der Waals surface area contributed by atoms with Crippen molar-refractivity contribution in [1.82, 2.24) is 0 Å². The lowest BCUT2D eigenvalue weighted by atomic mass is 9.43. The highest BCUT2D eigenvalue weighted by atomic mass is 16.7. The van der Waals surface area contributed by atoms with Gasteiger partial charge in [-0.15, -0.1) is 0 Å². The van der Waals surface area contributed by atoms with Crippen molar-refractivity contribution < 1.29 is 19.7 Å². The Bertz CT molecular complexity index is 585. The fraction of sp³-hybridized carbons (Fsp3) is 1.00. The number of aliphatic hydroxyl groups excluding tert-OH is 2. The normalized spacial score (nSPS) is 55.0. The predicted octanol–water partition coefficient (Wildman–Crippen LogP) is 3.74. The highest BCUT2D eigenvalue weighted by Gasteiger charge is 2.64. The quantitative estimate of drug-likeness (QED) is 0.730. The van der Waals surface area contributed by atoms with Gasteiger partial charge < -0.3 is 19.7 Å². The van der Waals surface area contributed by atoms with Crippen molar-refractivity contribution >= 4 is 0 Å². The Kier molecular flexibility index (Phi) is 4.30. The molecule has 0 aromatic rings. The van der Waals surface area contributed by atoms with Crippen LogP contribution in [-0.2, 0) is 9.47 Å². The lowest BCUT2D eigenvalue weighted by Crippen LogP contribution is -2.60. The zero-order chi connectivity index (χ0) is 19.0. The van der Waals surface area contributed by atoms with Crippen LogP contribution in [0, 0.1) is 40.4 Å². The largest absolute Gasteiger partial charge is 0.393 e. The van der Waals surface area contributed by atoms with Crippen LogP contribution in [0.5, 0.6) is 0 Å². The Labute approximate surface area is 164 Å². The molecule has 4 aliphatic carbocycles. The van der Waals surface area contributed by atoms with Crippen molar-refractivity contribution in [3.8, 4) is 0 Å². The van der Waals surface area contributed by atoms with E-state index in [9.17, 15) is 10.2 Å². The van der Waals surface area contributed by atoms with Gasteiger partial charge >= 0.3 is 0 Å². The molecule has 1 aliphatic heterocycles. The van der Waals surface area contributed by atoms with Crippen LogP contribution < -0.4 is 0 Å². The molecule has 0 bridgehead atoms. The first kappa shape index (κ1) is 18.8. The molecular formula is C23H38O4. The molecule has 1 heterocycles. The van der Waals surface area contributed by atoms with Gasteiger partial charge in [-0.05, 0) is 85.9 Å². The molecule has 4 nitrogen and oxygen atoms in total. The van der Waals surface area contributed by atoms with E-state index >= 15 is 0 Å². The summed E-state index contributed by atoms with van der Waals surface area (Å²) in [4.78, 5) is 0. The van der Waals surface area contributed by atoms with E-state index in [0.29, 0.717) is 29.6 Å². The molecule has 5 rings (SSSR count). The minimum absolute atomic E-state index is 0.103. The molecule has 0 aromatic heterocycles. The fourth-order valence-corrected chi connectivity index (χ4v) is 8.91. The molecule has 4 heteroatoms. The molecule has 4 saturated carbocycles. The van der Waals surface area contributed by atoms with E-state index in [0.717, 1.165) is 45.3 Å². The van der Waals surface area contributed by atoms with Gasteiger partial charge in [0.2, 0.25) is 0 Å². The Morgan fingerprint density at radius 1 is 0.926 bits per heavy atom. The number of hydrogen-bond donors (Lipinski definition) is 2. The fourth-order valence-electron chi connectivity index (χ4n) is 8.91. The summed E-state index contributed by atoms with van der Waals surface area (Å²) in [6.45, 7) is 8.25. The first-order valence-corrected chi connectivity index (χ1v) is 11.4. The first-order chi connectivity index (χ1) is 12.8. The van der Waals surface area contributed by atoms with Crippen LogP contribution in [0.4, 0.5) is 0 Å². The van der Waals surface area contributed by atoms with Crippen LogP contribution in [0.3, 0.4) is 0 Å². The van der Waals surface area contributed by atoms with Gasteiger partial charge in [-0.2, -0.15) is 0 Å². The van der Waals surface area contributed by atoms with Gasteiger partial charge in [0, 0.05) is 12.8 Å². The molecule has 27 heavy (non-hydrogen) atoms. The Morgan fingerprint density at radius 3 is 2.37 bits per heavy atom. The summed E-state index contributed by atoms with van der Waals surface area (Å²) in [7, 11) is 0. The third kappa shape index (κ3) is 2.55. The second kappa shape index (κ2) is 6.17. The van der Waals surface area contributed by atoms with E-state index in [1.54, 1.807) is 0 Å². The molecule has 154 valence electrons. The molecular weight excluding hydrogens is 340 g/mol. The lowest BCUT2D eigenvalue weighted by molar-refractivity contribution is -0.243. The number of aliphatic hydroxyl groups is 2. The van der Waals surface area contributed by atoms with E-state index < -0.39 is 0 Å². The second-order valence-corrected chi connectivity index (χ2v) is 11.1. The van der Waals surface area contributed by atoms with Gasteiger partial charge in [0.05, 0.1) is 25.4 Å². The van der Waals surface area contributed by atoms with Crippen molar-refractivity contribution in [2.45, 2.75) is 90.1 Å². The summed E-state index contributed by atoms with van der Waals surface area (Å²) < 4.78 is 12.1. The molecule has 5 fully saturated rings. The molecule has 0 radical (unpaired) electrons. The smallest absolute Gasteiger partial charge is 0.168 e. The van der Waals surface area contributed by atoms with Gasteiger partial charge in [0.15, 0.2) is 5.79 Å². The topological polar surface area (TPSA) is 58.9 Å². The van der Waals surface area contributed by atoms with Gasteiger partial charge in [-0.3, -0.25) is 0 Å². The summed E-state index contributed by atoms with van der Waals surface area (Å²) in [6, 6.07) is 0. The Hall–Kier alpha value is -0.160. The molecule has 5 aliphatic rings. The van der Waals surface area contributed by atoms with E-state index in [4.69, 9.17) is 9.47 Å². The first-order valence-electron chi connectivity index (χ1n) is 11.4. The average Bonchev–Trinajstić information content (AvgIpc) is 3.19. The maximum atomic E-state index is 11.4. The van der Waals surface area contributed by atoms with E-state index in [-0.39, 0.29) is 28.8 Å². The van der Waals surface area contributed by atoms with Gasteiger partial charge in [0.1, 0.15) is 0 Å². The van der Waals surface area contributed by atoms with Crippen LogP contribution in [-0.4, -0.2) is 41.4 Å². The summed E-state index contributed by atoms with van der Waals surface area (Å²) >= 11 is 0. The van der Waals surface area contributed by atoms with Crippen molar-refractivity contribution in [2.24, 2.45) is 40.4 Å².